The monoisotopic (exact) mass is 401 g/mol. The third-order valence-corrected chi connectivity index (χ3v) is 7.54. The average Bonchev–Trinajstić information content (AvgIpc) is 3.40. The van der Waals surface area contributed by atoms with Crippen molar-refractivity contribution in [2.24, 2.45) is 5.41 Å². The molecule has 3 aliphatic rings. The third kappa shape index (κ3) is 3.38. The van der Waals surface area contributed by atoms with Gasteiger partial charge in [0.25, 0.3) is 5.91 Å². The Bertz CT molecular complexity index is 806. The quantitative estimate of drug-likeness (QED) is 0.787. The molecule has 4 heterocycles. The lowest BCUT2D eigenvalue weighted by Crippen LogP contribution is -2.49. The van der Waals surface area contributed by atoms with Crippen molar-refractivity contribution in [1.29, 1.82) is 0 Å². The van der Waals surface area contributed by atoms with Crippen molar-refractivity contribution in [2.45, 2.75) is 38.3 Å². The molecule has 28 heavy (non-hydrogen) atoms. The van der Waals surface area contributed by atoms with Crippen molar-refractivity contribution in [3.05, 3.63) is 34.3 Å². The third-order valence-electron chi connectivity index (χ3n) is 6.81. The van der Waals surface area contributed by atoms with Gasteiger partial charge in [0.15, 0.2) is 5.69 Å². The highest BCUT2D eigenvalue weighted by molar-refractivity contribution is 7.07. The molecule has 5 rings (SSSR count). The number of hydrogen-bond donors (Lipinski definition) is 0. The minimum atomic E-state index is -0.0199. The van der Waals surface area contributed by atoms with E-state index in [0.29, 0.717) is 43.5 Å². The van der Waals surface area contributed by atoms with Crippen LogP contribution in [0.2, 0.25) is 0 Å². The number of carbonyl (C=O) groups excluding carboxylic acids is 1. The van der Waals surface area contributed by atoms with Gasteiger partial charge in [0, 0.05) is 19.6 Å². The van der Waals surface area contributed by atoms with Gasteiger partial charge < -0.3 is 9.64 Å². The number of thiophene rings is 1. The number of ether oxygens (including phenoxy) is 1. The van der Waals surface area contributed by atoms with Gasteiger partial charge in [-0.25, -0.2) is 4.68 Å². The van der Waals surface area contributed by atoms with Crippen molar-refractivity contribution in [3.8, 4) is 0 Å². The molecule has 1 unspecified atom stereocenters. The van der Waals surface area contributed by atoms with Crippen LogP contribution < -0.4 is 0 Å². The molecule has 0 radical (unpaired) electrons. The first-order chi connectivity index (χ1) is 13.7. The van der Waals surface area contributed by atoms with Crippen molar-refractivity contribution in [1.82, 2.24) is 24.8 Å². The number of hydrogen-bond acceptors (Lipinski definition) is 6. The summed E-state index contributed by atoms with van der Waals surface area (Å²) in [6, 6.07) is 2.61. The van der Waals surface area contributed by atoms with Crippen molar-refractivity contribution in [2.75, 3.05) is 39.4 Å². The van der Waals surface area contributed by atoms with Gasteiger partial charge in [-0.15, -0.1) is 5.10 Å². The summed E-state index contributed by atoms with van der Waals surface area (Å²) in [7, 11) is 0. The lowest BCUT2D eigenvalue weighted by molar-refractivity contribution is -0.0334. The van der Waals surface area contributed by atoms with E-state index in [9.17, 15) is 4.79 Å². The van der Waals surface area contributed by atoms with Crippen LogP contribution in [0.3, 0.4) is 0 Å². The van der Waals surface area contributed by atoms with Crippen molar-refractivity contribution >= 4 is 17.2 Å². The predicted molar refractivity (Wildman–Crippen MR) is 106 cm³/mol. The number of nitrogens with zero attached hydrogens (tertiary/aromatic N) is 5. The topological polar surface area (TPSA) is 63.5 Å². The normalized spacial score (nSPS) is 25.0. The fourth-order valence-electron chi connectivity index (χ4n) is 4.93. The van der Waals surface area contributed by atoms with E-state index in [1.807, 2.05) is 15.8 Å². The molecule has 2 saturated heterocycles. The summed E-state index contributed by atoms with van der Waals surface area (Å²) in [5.41, 5.74) is 2.23. The van der Waals surface area contributed by atoms with Gasteiger partial charge >= 0.3 is 0 Å². The number of piperidine rings is 1. The van der Waals surface area contributed by atoms with E-state index in [2.05, 4.69) is 32.0 Å². The molecule has 150 valence electrons. The first kappa shape index (κ1) is 18.3. The molecule has 2 aromatic heterocycles. The maximum absolute atomic E-state index is 12.7. The van der Waals surface area contributed by atoms with E-state index in [4.69, 9.17) is 4.74 Å². The molecule has 1 aliphatic carbocycles. The van der Waals surface area contributed by atoms with Gasteiger partial charge in [-0.05, 0) is 66.6 Å². The Morgan fingerprint density at radius 2 is 2.04 bits per heavy atom. The smallest absolute Gasteiger partial charge is 0.276 e. The zero-order valence-electron chi connectivity index (χ0n) is 16.1. The molecular weight excluding hydrogens is 374 g/mol. The van der Waals surface area contributed by atoms with Crippen LogP contribution in [-0.2, 0) is 11.3 Å². The molecule has 7 nitrogen and oxygen atoms in total. The summed E-state index contributed by atoms with van der Waals surface area (Å²) < 4.78 is 7.31. The molecule has 1 amide bonds. The number of aromatic nitrogens is 3. The first-order valence-electron chi connectivity index (χ1n) is 10.3. The van der Waals surface area contributed by atoms with E-state index in [-0.39, 0.29) is 5.91 Å². The maximum atomic E-state index is 12.7. The summed E-state index contributed by atoms with van der Waals surface area (Å²) in [4.78, 5) is 17.0. The van der Waals surface area contributed by atoms with Crippen LogP contribution in [0.5, 0.6) is 0 Å². The minimum absolute atomic E-state index is 0.0199. The van der Waals surface area contributed by atoms with E-state index >= 15 is 0 Å². The Morgan fingerprint density at radius 3 is 2.71 bits per heavy atom. The molecule has 1 spiro atoms. The van der Waals surface area contributed by atoms with E-state index in [1.54, 1.807) is 11.3 Å². The lowest BCUT2D eigenvalue weighted by atomic mass is 9.59. The van der Waals surface area contributed by atoms with Gasteiger partial charge in [0.2, 0.25) is 0 Å². The average molecular weight is 402 g/mol. The second kappa shape index (κ2) is 7.57. The molecule has 1 saturated carbocycles. The Kier molecular flexibility index (Phi) is 4.94. The zero-order valence-corrected chi connectivity index (χ0v) is 16.9. The van der Waals surface area contributed by atoms with E-state index < -0.39 is 0 Å². The zero-order chi connectivity index (χ0) is 19.0. The summed E-state index contributed by atoms with van der Waals surface area (Å²) in [6.07, 6.45) is 6.68. The molecule has 0 N–H and O–H groups in total. The number of morpholine rings is 1. The standard InChI is InChI=1S/C20H27N5O2S/c26-19(24-8-10-27-11-9-24)17-14-25(22-21-17)18-1-3-20(18)4-6-23(7-5-20)13-16-2-12-28-15-16/h2,12,14-15,18H,1,3-11,13H2. The van der Waals surface area contributed by atoms with Crippen LogP contribution in [0, 0.1) is 5.41 Å². The van der Waals surface area contributed by atoms with E-state index in [1.165, 1.54) is 24.8 Å². The Labute approximate surface area is 169 Å². The van der Waals surface area contributed by atoms with Crippen LogP contribution in [0.25, 0.3) is 0 Å². The van der Waals surface area contributed by atoms with E-state index in [0.717, 1.165) is 26.1 Å². The Hall–Kier alpha value is -1.77. The first-order valence-corrected chi connectivity index (χ1v) is 11.2. The number of likely N-dealkylation sites (tertiary alicyclic amines) is 1. The number of carbonyl (C=O) groups is 1. The number of rotatable bonds is 4. The summed E-state index contributed by atoms with van der Waals surface area (Å²) >= 11 is 1.77. The molecule has 1 atom stereocenters. The molecule has 0 aromatic carbocycles. The second-order valence-electron chi connectivity index (χ2n) is 8.31. The molecule has 0 bridgehead atoms. The Balaban J connectivity index is 1.22. The molecular formula is C20H27N5O2S. The van der Waals surface area contributed by atoms with Crippen LogP contribution >= 0.6 is 11.3 Å². The number of amides is 1. The summed E-state index contributed by atoms with van der Waals surface area (Å²) in [6.45, 7) is 5.83. The highest BCUT2D eigenvalue weighted by Crippen LogP contribution is 2.56. The van der Waals surface area contributed by atoms with Crippen LogP contribution in [-0.4, -0.2) is 70.1 Å². The van der Waals surface area contributed by atoms with Crippen LogP contribution in [0.1, 0.15) is 47.8 Å². The van der Waals surface area contributed by atoms with Gasteiger partial charge in [-0.3, -0.25) is 9.69 Å². The highest BCUT2D eigenvalue weighted by atomic mass is 32.1. The molecule has 8 heteroatoms. The van der Waals surface area contributed by atoms with Crippen LogP contribution in [0.15, 0.2) is 23.0 Å². The maximum Gasteiger partial charge on any atom is 0.276 e. The van der Waals surface area contributed by atoms with Gasteiger partial charge in [0.1, 0.15) is 0 Å². The molecule has 2 aromatic rings. The second-order valence-corrected chi connectivity index (χ2v) is 9.09. The van der Waals surface area contributed by atoms with Gasteiger partial charge in [-0.1, -0.05) is 5.21 Å². The Morgan fingerprint density at radius 1 is 1.21 bits per heavy atom. The minimum Gasteiger partial charge on any atom is -0.378 e. The fourth-order valence-corrected chi connectivity index (χ4v) is 5.59. The summed E-state index contributed by atoms with van der Waals surface area (Å²) in [5, 5.41) is 13.0. The summed E-state index contributed by atoms with van der Waals surface area (Å²) in [5.74, 6) is -0.0199. The largest absolute Gasteiger partial charge is 0.378 e. The van der Waals surface area contributed by atoms with Gasteiger partial charge in [0.05, 0.1) is 25.5 Å². The SMILES string of the molecule is O=C(c1cn(C2CCC23CCN(Cc2ccsc2)CC3)nn1)N1CCOCC1. The van der Waals surface area contributed by atoms with Crippen LogP contribution in [0.4, 0.5) is 0 Å². The highest BCUT2D eigenvalue weighted by Gasteiger charge is 2.49. The molecule has 3 fully saturated rings. The predicted octanol–water partition coefficient (Wildman–Crippen LogP) is 2.43. The lowest BCUT2D eigenvalue weighted by Gasteiger charge is -2.53. The fraction of sp³-hybridized carbons (Fsp3) is 0.650. The van der Waals surface area contributed by atoms with Crippen molar-refractivity contribution in [3.63, 3.8) is 0 Å². The van der Waals surface area contributed by atoms with Crippen molar-refractivity contribution < 1.29 is 9.53 Å². The molecule has 2 aliphatic heterocycles. The van der Waals surface area contributed by atoms with Gasteiger partial charge in [-0.2, -0.15) is 11.3 Å².